The van der Waals surface area contributed by atoms with E-state index in [9.17, 15) is 0 Å². The Bertz CT molecular complexity index is 3260. The van der Waals surface area contributed by atoms with Gasteiger partial charge >= 0.3 is 0 Å². The van der Waals surface area contributed by atoms with E-state index in [0.717, 1.165) is 29.1 Å². The highest BCUT2D eigenvalue weighted by atomic mass is 15.0. The lowest BCUT2D eigenvalue weighted by molar-refractivity contribution is 0.764. The van der Waals surface area contributed by atoms with Gasteiger partial charge in [0.15, 0.2) is 11.6 Å². The summed E-state index contributed by atoms with van der Waals surface area (Å²) in [6, 6.07) is 56.7. The van der Waals surface area contributed by atoms with E-state index in [1.165, 1.54) is 71.6 Å². The Morgan fingerprint density at radius 2 is 1.05 bits per heavy atom. The zero-order chi connectivity index (χ0) is 38.7. The fourth-order valence-corrected chi connectivity index (χ4v) is 8.92. The molecule has 1 atom stereocenters. The molecule has 1 unspecified atom stereocenters. The fraction of sp³-hybridized carbons (Fsp3) is 0.0755. The van der Waals surface area contributed by atoms with Gasteiger partial charge in [-0.05, 0) is 110 Å². The highest BCUT2D eigenvalue weighted by Gasteiger charge is 2.20. The maximum absolute atomic E-state index is 5.04. The summed E-state index contributed by atoms with van der Waals surface area (Å²) in [6.45, 7) is 4.42. The molecule has 3 heterocycles. The summed E-state index contributed by atoms with van der Waals surface area (Å²) in [6.07, 6.45) is 9.39. The molecule has 0 spiro atoms. The molecule has 3 aromatic heterocycles. The lowest BCUT2D eigenvalue weighted by Crippen LogP contribution is -2.07. The summed E-state index contributed by atoms with van der Waals surface area (Å²) in [5.41, 5.74) is 13.9. The third kappa shape index (κ3) is 5.66. The minimum absolute atomic E-state index is 0.110. The van der Waals surface area contributed by atoms with Gasteiger partial charge in [-0.3, -0.25) is 0 Å². The summed E-state index contributed by atoms with van der Waals surface area (Å²) in [4.78, 5) is 15.0. The molecule has 58 heavy (non-hydrogen) atoms. The number of rotatable bonds is 6. The number of allylic oxidation sites excluding steroid dienone is 4. The standard InChI is InChI=1S/C53H39N5/c1-34-30-35(2)50-46(31-34)45-33-40(39-24-28-48-44(32-39)43-20-12-13-21-47(43)57(48)41-18-10-5-11-19-41)25-29-49(45)58(50)42-26-22-38(23-27-42)53-55-51(36-14-6-3-7-15-36)54-52(56-53)37-16-8-4-9-17-37/h3-16,18-33,37H,17H2,1-2H3. The van der Waals surface area contributed by atoms with Gasteiger partial charge in [0, 0.05) is 50.0 Å². The van der Waals surface area contributed by atoms with Gasteiger partial charge in [-0.2, -0.15) is 0 Å². The Hall–Kier alpha value is -7.37. The Morgan fingerprint density at radius 3 is 1.76 bits per heavy atom. The predicted octanol–water partition coefficient (Wildman–Crippen LogP) is 13.3. The molecule has 0 saturated carbocycles. The van der Waals surface area contributed by atoms with Crippen molar-refractivity contribution < 1.29 is 0 Å². The molecule has 10 aromatic rings. The van der Waals surface area contributed by atoms with Gasteiger partial charge in [-0.1, -0.05) is 115 Å². The van der Waals surface area contributed by atoms with E-state index in [0.29, 0.717) is 11.6 Å². The van der Waals surface area contributed by atoms with Crippen molar-refractivity contribution in [1.82, 2.24) is 24.1 Å². The minimum atomic E-state index is 0.110. The first kappa shape index (κ1) is 33.9. The number of fused-ring (bicyclic) bond motifs is 6. The van der Waals surface area contributed by atoms with E-state index in [4.69, 9.17) is 15.0 Å². The van der Waals surface area contributed by atoms with Gasteiger partial charge < -0.3 is 9.13 Å². The van der Waals surface area contributed by atoms with Crippen molar-refractivity contribution in [2.45, 2.75) is 26.2 Å². The highest BCUT2D eigenvalue weighted by Crippen LogP contribution is 2.40. The molecule has 0 bridgehead atoms. The van der Waals surface area contributed by atoms with Crippen LogP contribution in [0.25, 0.3) is 88.9 Å². The van der Waals surface area contributed by atoms with Gasteiger partial charge in [0.05, 0.1) is 22.1 Å². The van der Waals surface area contributed by atoms with Crippen LogP contribution in [-0.4, -0.2) is 24.1 Å². The van der Waals surface area contributed by atoms with Crippen molar-refractivity contribution in [3.05, 3.63) is 199 Å². The molecule has 0 radical (unpaired) electrons. The van der Waals surface area contributed by atoms with Crippen molar-refractivity contribution in [1.29, 1.82) is 0 Å². The lowest BCUT2D eigenvalue weighted by Gasteiger charge is -2.15. The van der Waals surface area contributed by atoms with E-state index in [2.05, 4.69) is 187 Å². The maximum Gasteiger partial charge on any atom is 0.163 e. The van der Waals surface area contributed by atoms with Crippen LogP contribution in [-0.2, 0) is 0 Å². The molecule has 0 amide bonds. The first-order valence-corrected chi connectivity index (χ1v) is 20.0. The number of aromatic nitrogens is 5. The van der Waals surface area contributed by atoms with E-state index in [1.54, 1.807) is 0 Å². The first-order chi connectivity index (χ1) is 28.6. The average Bonchev–Trinajstić information content (AvgIpc) is 3.79. The third-order valence-electron chi connectivity index (χ3n) is 11.6. The van der Waals surface area contributed by atoms with E-state index >= 15 is 0 Å². The Balaban J connectivity index is 1.03. The first-order valence-electron chi connectivity index (χ1n) is 20.0. The van der Waals surface area contributed by atoms with Crippen LogP contribution in [0.4, 0.5) is 0 Å². The summed E-state index contributed by atoms with van der Waals surface area (Å²) < 4.78 is 4.78. The molecular weight excluding hydrogens is 707 g/mol. The molecular formula is C53H39N5. The van der Waals surface area contributed by atoms with Gasteiger partial charge in [-0.25, -0.2) is 15.0 Å². The molecule has 0 fully saturated rings. The molecule has 5 heteroatoms. The van der Waals surface area contributed by atoms with Crippen LogP contribution in [0, 0.1) is 13.8 Å². The molecule has 7 aromatic carbocycles. The Kier molecular flexibility index (Phi) is 8.00. The second kappa shape index (κ2) is 13.7. The van der Waals surface area contributed by atoms with Gasteiger partial charge in [0.25, 0.3) is 0 Å². The molecule has 5 nitrogen and oxygen atoms in total. The number of hydrogen-bond donors (Lipinski definition) is 0. The van der Waals surface area contributed by atoms with Crippen molar-refractivity contribution in [2.24, 2.45) is 0 Å². The SMILES string of the molecule is Cc1cc(C)c2c(c1)c1cc(-c3ccc4c(c3)c3ccccc3n4-c3ccccc3)ccc1n2-c1ccc(-c2nc(-c3ccccc3)nc(C3C=CC=CC3)n2)cc1. The number of aryl methyl sites for hydroxylation is 2. The quantitative estimate of drug-likeness (QED) is 0.170. The van der Waals surface area contributed by atoms with Gasteiger partial charge in [0.2, 0.25) is 0 Å². The van der Waals surface area contributed by atoms with Crippen molar-refractivity contribution in [2.75, 3.05) is 0 Å². The summed E-state index contributed by atoms with van der Waals surface area (Å²) >= 11 is 0. The van der Waals surface area contributed by atoms with Gasteiger partial charge in [0.1, 0.15) is 5.82 Å². The zero-order valence-electron chi connectivity index (χ0n) is 32.3. The van der Waals surface area contributed by atoms with E-state index < -0.39 is 0 Å². The molecule has 1 aliphatic carbocycles. The number of benzene rings is 7. The van der Waals surface area contributed by atoms with Crippen molar-refractivity contribution >= 4 is 43.6 Å². The van der Waals surface area contributed by atoms with Crippen LogP contribution in [0.2, 0.25) is 0 Å². The molecule has 276 valence electrons. The van der Waals surface area contributed by atoms with E-state index in [1.807, 2.05) is 18.2 Å². The second-order valence-electron chi connectivity index (χ2n) is 15.4. The minimum Gasteiger partial charge on any atom is -0.309 e. The largest absolute Gasteiger partial charge is 0.309 e. The second-order valence-corrected chi connectivity index (χ2v) is 15.4. The third-order valence-corrected chi connectivity index (χ3v) is 11.6. The van der Waals surface area contributed by atoms with E-state index in [-0.39, 0.29) is 5.92 Å². The lowest BCUT2D eigenvalue weighted by atomic mass is 10.00. The maximum atomic E-state index is 5.04. The zero-order valence-corrected chi connectivity index (χ0v) is 32.3. The Labute approximate surface area is 336 Å². The number of nitrogens with zero attached hydrogens (tertiary/aromatic N) is 5. The topological polar surface area (TPSA) is 48.5 Å². The molecule has 0 saturated heterocycles. The smallest absolute Gasteiger partial charge is 0.163 e. The fourth-order valence-electron chi connectivity index (χ4n) is 8.92. The normalized spacial score (nSPS) is 14.0. The molecule has 1 aliphatic rings. The van der Waals surface area contributed by atoms with Gasteiger partial charge in [-0.15, -0.1) is 0 Å². The molecule has 0 N–H and O–H groups in total. The Morgan fingerprint density at radius 1 is 0.466 bits per heavy atom. The summed E-state index contributed by atoms with van der Waals surface area (Å²) in [5.74, 6) is 2.27. The van der Waals surface area contributed by atoms with Crippen molar-refractivity contribution in [3.63, 3.8) is 0 Å². The molecule has 11 rings (SSSR count). The van der Waals surface area contributed by atoms with Crippen molar-refractivity contribution in [3.8, 4) is 45.3 Å². The summed E-state index contributed by atoms with van der Waals surface area (Å²) in [5, 5.41) is 4.99. The van der Waals surface area contributed by atoms with Crippen LogP contribution in [0.1, 0.15) is 29.3 Å². The number of hydrogen-bond acceptors (Lipinski definition) is 3. The highest BCUT2D eigenvalue weighted by molar-refractivity contribution is 6.13. The van der Waals surface area contributed by atoms with Crippen LogP contribution < -0.4 is 0 Å². The molecule has 0 aliphatic heterocycles. The predicted molar refractivity (Wildman–Crippen MR) is 240 cm³/mol. The summed E-state index contributed by atoms with van der Waals surface area (Å²) in [7, 11) is 0. The van der Waals surface area contributed by atoms with Crippen LogP contribution >= 0.6 is 0 Å². The van der Waals surface area contributed by atoms with Crippen LogP contribution in [0.5, 0.6) is 0 Å². The van der Waals surface area contributed by atoms with Crippen LogP contribution in [0.3, 0.4) is 0 Å². The number of para-hydroxylation sites is 2. The van der Waals surface area contributed by atoms with Crippen LogP contribution in [0.15, 0.2) is 182 Å². The average molecular weight is 746 g/mol. The monoisotopic (exact) mass is 745 g/mol.